The van der Waals surface area contributed by atoms with Gasteiger partial charge in [0, 0.05) is 13.2 Å². The van der Waals surface area contributed by atoms with E-state index in [4.69, 9.17) is 15.7 Å². The number of nitrogens with one attached hydrogen (secondary N) is 2. The van der Waals surface area contributed by atoms with Crippen molar-refractivity contribution >= 4 is 11.6 Å². The molecule has 5 N–H and O–H groups in total. The molecule has 0 aliphatic carbocycles. The fraction of sp³-hybridized carbons (Fsp3) is 0.556. The first-order valence-corrected chi connectivity index (χ1v) is 5.08. The lowest BCUT2D eigenvalue weighted by molar-refractivity contribution is 0.0922. The van der Waals surface area contributed by atoms with E-state index in [0.717, 1.165) is 13.0 Å². The molecular formula is C9H17N5O2. The Bertz CT molecular complexity index is 297. The Balaban J connectivity index is 2.16. The van der Waals surface area contributed by atoms with Gasteiger partial charge in [-0.25, -0.2) is 10.8 Å². The van der Waals surface area contributed by atoms with Gasteiger partial charge >= 0.3 is 0 Å². The molecule has 0 saturated heterocycles. The summed E-state index contributed by atoms with van der Waals surface area (Å²) in [5.41, 5.74) is 2.42. The van der Waals surface area contributed by atoms with Crippen LogP contribution in [0.25, 0.3) is 0 Å². The number of nitrogens with two attached hydrogens (primary N) is 1. The Hall–Kier alpha value is -1.44. The number of aromatic nitrogens is 2. The van der Waals surface area contributed by atoms with E-state index in [1.165, 1.54) is 6.20 Å². The Kier molecular flexibility index (Phi) is 6.16. The lowest BCUT2D eigenvalue weighted by atomic mass is 10.4. The summed E-state index contributed by atoms with van der Waals surface area (Å²) in [4.78, 5) is 8.09. The normalized spacial score (nSPS) is 10.1. The molecule has 0 aliphatic heterocycles. The first kappa shape index (κ1) is 12.6. The van der Waals surface area contributed by atoms with Gasteiger partial charge in [-0.05, 0) is 6.42 Å². The van der Waals surface area contributed by atoms with Gasteiger partial charge in [0.2, 0.25) is 0 Å². The van der Waals surface area contributed by atoms with Gasteiger partial charge in [-0.3, -0.25) is 4.98 Å². The Labute approximate surface area is 94.0 Å². The second-order valence-electron chi connectivity index (χ2n) is 3.05. The summed E-state index contributed by atoms with van der Waals surface area (Å²) < 4.78 is 5.11. The van der Waals surface area contributed by atoms with Crippen molar-refractivity contribution in [3.63, 3.8) is 0 Å². The molecule has 0 atom stereocenters. The van der Waals surface area contributed by atoms with Gasteiger partial charge in [0.05, 0.1) is 25.6 Å². The molecule has 16 heavy (non-hydrogen) atoms. The van der Waals surface area contributed by atoms with Crippen LogP contribution in [0.3, 0.4) is 0 Å². The van der Waals surface area contributed by atoms with Crippen LogP contribution in [0.5, 0.6) is 0 Å². The fourth-order valence-corrected chi connectivity index (χ4v) is 1.08. The first-order valence-electron chi connectivity index (χ1n) is 5.08. The van der Waals surface area contributed by atoms with Crippen LogP contribution in [0.1, 0.15) is 6.42 Å². The zero-order valence-corrected chi connectivity index (χ0v) is 9.02. The smallest absolute Gasteiger partial charge is 0.160 e. The SMILES string of the molecule is NNc1cncc(NCCCOCCO)n1. The second-order valence-corrected chi connectivity index (χ2v) is 3.05. The number of aliphatic hydroxyl groups excluding tert-OH is 1. The molecule has 7 nitrogen and oxygen atoms in total. The summed E-state index contributed by atoms with van der Waals surface area (Å²) in [6.45, 7) is 1.78. The molecule has 0 aromatic carbocycles. The summed E-state index contributed by atoms with van der Waals surface area (Å²) in [6, 6.07) is 0. The van der Waals surface area contributed by atoms with E-state index in [9.17, 15) is 0 Å². The van der Waals surface area contributed by atoms with Gasteiger partial charge in [-0.15, -0.1) is 0 Å². The quantitative estimate of drug-likeness (QED) is 0.271. The van der Waals surface area contributed by atoms with Crippen LogP contribution >= 0.6 is 0 Å². The molecule has 1 rings (SSSR count). The van der Waals surface area contributed by atoms with Crippen molar-refractivity contribution in [2.75, 3.05) is 37.1 Å². The van der Waals surface area contributed by atoms with Crippen LogP contribution in [0.2, 0.25) is 0 Å². The zero-order chi connectivity index (χ0) is 11.6. The topological polar surface area (TPSA) is 105 Å². The molecule has 0 spiro atoms. The minimum Gasteiger partial charge on any atom is -0.394 e. The van der Waals surface area contributed by atoms with Crippen molar-refractivity contribution in [1.29, 1.82) is 0 Å². The van der Waals surface area contributed by atoms with Crippen molar-refractivity contribution < 1.29 is 9.84 Å². The number of nitrogen functional groups attached to an aromatic ring is 1. The van der Waals surface area contributed by atoms with Crippen LogP contribution < -0.4 is 16.6 Å². The molecule has 1 heterocycles. The highest BCUT2D eigenvalue weighted by Gasteiger charge is 1.96. The average molecular weight is 227 g/mol. The second kappa shape index (κ2) is 7.80. The van der Waals surface area contributed by atoms with Gasteiger partial charge in [0.1, 0.15) is 5.82 Å². The highest BCUT2D eigenvalue weighted by atomic mass is 16.5. The monoisotopic (exact) mass is 227 g/mol. The lowest BCUT2D eigenvalue weighted by Gasteiger charge is -2.06. The van der Waals surface area contributed by atoms with E-state index >= 15 is 0 Å². The highest BCUT2D eigenvalue weighted by molar-refractivity contribution is 5.40. The largest absolute Gasteiger partial charge is 0.394 e. The Morgan fingerprint density at radius 2 is 2.12 bits per heavy atom. The molecular weight excluding hydrogens is 210 g/mol. The average Bonchev–Trinajstić information content (AvgIpc) is 2.34. The van der Waals surface area contributed by atoms with Crippen LogP contribution in [0.4, 0.5) is 11.6 Å². The van der Waals surface area contributed by atoms with Gasteiger partial charge in [-0.2, -0.15) is 0 Å². The van der Waals surface area contributed by atoms with E-state index < -0.39 is 0 Å². The lowest BCUT2D eigenvalue weighted by Crippen LogP contribution is -2.12. The Morgan fingerprint density at radius 3 is 2.88 bits per heavy atom. The number of ether oxygens (including phenoxy) is 1. The molecule has 0 unspecified atom stereocenters. The van der Waals surface area contributed by atoms with Crippen LogP contribution in [-0.2, 0) is 4.74 Å². The van der Waals surface area contributed by atoms with E-state index in [-0.39, 0.29) is 6.61 Å². The van der Waals surface area contributed by atoms with Crippen LogP contribution in [0, 0.1) is 0 Å². The number of hydrogen-bond acceptors (Lipinski definition) is 7. The van der Waals surface area contributed by atoms with Crippen molar-refractivity contribution in [3.8, 4) is 0 Å². The van der Waals surface area contributed by atoms with E-state index in [2.05, 4.69) is 20.7 Å². The fourth-order valence-electron chi connectivity index (χ4n) is 1.08. The first-order chi connectivity index (χ1) is 7.86. The maximum Gasteiger partial charge on any atom is 0.160 e. The number of nitrogens with zero attached hydrogens (tertiary/aromatic N) is 2. The van der Waals surface area contributed by atoms with Crippen molar-refractivity contribution in [1.82, 2.24) is 9.97 Å². The summed E-state index contributed by atoms with van der Waals surface area (Å²) in [5.74, 6) is 6.38. The molecule has 0 radical (unpaired) electrons. The van der Waals surface area contributed by atoms with Gasteiger partial charge in [0.15, 0.2) is 5.82 Å². The third-order valence-corrected chi connectivity index (χ3v) is 1.79. The number of hydrazine groups is 1. The summed E-state index contributed by atoms with van der Waals surface area (Å²) >= 11 is 0. The standard InChI is InChI=1S/C9H17N5O2/c10-14-9-7-11-6-8(13-9)12-2-1-4-16-5-3-15/h6-7,15H,1-5,10H2,(H2,12,13,14). The minimum absolute atomic E-state index is 0.0586. The molecule has 0 amide bonds. The predicted molar refractivity (Wildman–Crippen MR) is 60.9 cm³/mol. The van der Waals surface area contributed by atoms with E-state index in [1.807, 2.05) is 0 Å². The van der Waals surface area contributed by atoms with Crippen molar-refractivity contribution in [3.05, 3.63) is 12.4 Å². The molecule has 7 heteroatoms. The van der Waals surface area contributed by atoms with Gasteiger partial charge in [0.25, 0.3) is 0 Å². The van der Waals surface area contributed by atoms with Crippen molar-refractivity contribution in [2.24, 2.45) is 5.84 Å². The third-order valence-electron chi connectivity index (χ3n) is 1.79. The summed E-state index contributed by atoms with van der Waals surface area (Å²) in [5, 5.41) is 11.6. The summed E-state index contributed by atoms with van der Waals surface area (Å²) in [6.07, 6.45) is 3.99. The number of anilines is 2. The van der Waals surface area contributed by atoms with Gasteiger partial charge in [-0.1, -0.05) is 0 Å². The molecule has 1 aromatic rings. The van der Waals surface area contributed by atoms with Crippen molar-refractivity contribution in [2.45, 2.75) is 6.42 Å². The number of aliphatic hydroxyl groups is 1. The Morgan fingerprint density at radius 1 is 1.31 bits per heavy atom. The maximum atomic E-state index is 8.48. The number of hydrogen-bond donors (Lipinski definition) is 4. The summed E-state index contributed by atoms with van der Waals surface area (Å²) in [7, 11) is 0. The van der Waals surface area contributed by atoms with Crippen LogP contribution in [0.15, 0.2) is 12.4 Å². The van der Waals surface area contributed by atoms with E-state index in [1.54, 1.807) is 6.20 Å². The van der Waals surface area contributed by atoms with Crippen LogP contribution in [-0.4, -0.2) is 41.4 Å². The molecule has 0 saturated carbocycles. The minimum atomic E-state index is 0.0586. The molecule has 90 valence electrons. The molecule has 0 bridgehead atoms. The highest BCUT2D eigenvalue weighted by Crippen LogP contribution is 2.04. The zero-order valence-electron chi connectivity index (χ0n) is 9.02. The van der Waals surface area contributed by atoms with E-state index in [0.29, 0.717) is 24.8 Å². The molecule has 0 aliphatic rings. The van der Waals surface area contributed by atoms with Gasteiger partial charge < -0.3 is 20.6 Å². The predicted octanol–water partition coefficient (Wildman–Crippen LogP) is -0.427. The molecule has 0 fully saturated rings. The molecule has 1 aromatic heterocycles. The number of rotatable bonds is 8. The maximum absolute atomic E-state index is 8.48. The third kappa shape index (κ3) is 4.87.